The fourth-order valence-electron chi connectivity index (χ4n) is 4.80. The van der Waals surface area contributed by atoms with E-state index in [2.05, 4.69) is 24.8 Å². The first-order valence-electron chi connectivity index (χ1n) is 10.6. The van der Waals surface area contributed by atoms with Crippen LogP contribution in [-0.2, 0) is 11.2 Å². The van der Waals surface area contributed by atoms with Crippen LogP contribution in [-0.4, -0.2) is 54.4 Å². The second-order valence-corrected chi connectivity index (χ2v) is 9.83. The van der Waals surface area contributed by atoms with Gasteiger partial charge in [0, 0.05) is 54.1 Å². The summed E-state index contributed by atoms with van der Waals surface area (Å²) in [5.74, 6) is 0.322. The number of aromatic nitrogens is 6. The standard InChI is InChI=1S/C21H20ClN9OS/c1-2-12-15(22)14-17(28-12)29-20(33-9-5-13-16(27-6-9)26-4-3-25-13)30-18(14)31-7-10-11(8-31)21(10,24)19(23)32/h3-6,10-11H,2,7-8,24H2,1H3,(H2,23,32)(H,28,29,30)/t10-,11?,21?/m0/s1. The number of amides is 1. The van der Waals surface area contributed by atoms with Crippen molar-refractivity contribution in [2.75, 3.05) is 18.0 Å². The van der Waals surface area contributed by atoms with E-state index in [4.69, 9.17) is 33.0 Å². The molecule has 3 atom stereocenters. The summed E-state index contributed by atoms with van der Waals surface area (Å²) >= 11 is 8.09. The highest BCUT2D eigenvalue weighted by Crippen LogP contribution is 2.54. The maximum absolute atomic E-state index is 11.8. The highest BCUT2D eigenvalue weighted by molar-refractivity contribution is 7.99. The molecule has 0 aromatic carbocycles. The van der Waals surface area contributed by atoms with E-state index in [-0.39, 0.29) is 11.8 Å². The van der Waals surface area contributed by atoms with Crippen molar-refractivity contribution in [1.29, 1.82) is 0 Å². The van der Waals surface area contributed by atoms with Gasteiger partial charge in [-0.1, -0.05) is 18.5 Å². The summed E-state index contributed by atoms with van der Waals surface area (Å²) < 4.78 is 0. The second kappa shape index (κ2) is 7.24. The number of halogens is 1. The summed E-state index contributed by atoms with van der Waals surface area (Å²) in [6, 6.07) is 1.91. The summed E-state index contributed by atoms with van der Waals surface area (Å²) in [4.78, 5) is 40.6. The maximum Gasteiger partial charge on any atom is 0.238 e. The van der Waals surface area contributed by atoms with E-state index in [1.54, 1.807) is 18.6 Å². The Kier molecular flexibility index (Phi) is 4.51. The van der Waals surface area contributed by atoms with Crippen molar-refractivity contribution in [2.45, 2.75) is 28.9 Å². The first-order valence-corrected chi connectivity index (χ1v) is 11.8. The van der Waals surface area contributed by atoms with E-state index in [1.807, 2.05) is 13.0 Å². The molecule has 2 fully saturated rings. The Morgan fingerprint density at radius 1 is 1.27 bits per heavy atom. The van der Waals surface area contributed by atoms with Gasteiger partial charge in [0.15, 0.2) is 10.8 Å². The van der Waals surface area contributed by atoms with Crippen molar-refractivity contribution in [2.24, 2.45) is 23.3 Å². The summed E-state index contributed by atoms with van der Waals surface area (Å²) in [6.45, 7) is 3.22. The number of H-pyrrole nitrogens is 1. The van der Waals surface area contributed by atoms with Crippen LogP contribution in [0.1, 0.15) is 12.6 Å². The highest BCUT2D eigenvalue weighted by Gasteiger charge is 2.70. The average molecular weight is 482 g/mol. The molecule has 6 rings (SSSR count). The number of nitrogens with one attached hydrogen (secondary N) is 1. The molecule has 2 aliphatic rings. The SMILES string of the molecule is CCc1[nH]c2nc(Sc3cnc4nccnc4c3)nc(N3CC4[C@H](C3)C4(N)C(N)=O)c2c1Cl. The fourth-order valence-corrected chi connectivity index (χ4v) is 5.91. The van der Waals surface area contributed by atoms with Crippen LogP contribution >= 0.6 is 23.4 Å². The van der Waals surface area contributed by atoms with E-state index in [0.717, 1.165) is 28.2 Å². The normalized spacial score (nSPS) is 23.9. The lowest BCUT2D eigenvalue weighted by Gasteiger charge is -2.24. The summed E-state index contributed by atoms with van der Waals surface area (Å²) in [5, 5.41) is 1.96. The fraction of sp³-hybridized carbons (Fsp3) is 0.333. The molecule has 4 aromatic heterocycles. The van der Waals surface area contributed by atoms with Crippen molar-refractivity contribution in [3.8, 4) is 0 Å². The molecule has 5 heterocycles. The van der Waals surface area contributed by atoms with Gasteiger partial charge in [0.1, 0.15) is 22.5 Å². The van der Waals surface area contributed by atoms with Gasteiger partial charge in [0.25, 0.3) is 0 Å². The number of carbonyl (C=O) groups is 1. The van der Waals surface area contributed by atoms with E-state index in [1.165, 1.54) is 11.8 Å². The number of aryl methyl sites for hydroxylation is 1. The van der Waals surface area contributed by atoms with Gasteiger partial charge in [0.05, 0.1) is 10.4 Å². The Morgan fingerprint density at radius 2 is 2.03 bits per heavy atom. The summed E-state index contributed by atoms with van der Waals surface area (Å²) in [6.07, 6.45) is 5.72. The molecule has 2 unspecified atom stereocenters. The molecule has 1 saturated heterocycles. The van der Waals surface area contributed by atoms with Crippen molar-refractivity contribution in [3.63, 3.8) is 0 Å². The van der Waals surface area contributed by atoms with Gasteiger partial charge in [-0.05, 0) is 24.2 Å². The van der Waals surface area contributed by atoms with Crippen LogP contribution in [0.15, 0.2) is 34.7 Å². The van der Waals surface area contributed by atoms with E-state index >= 15 is 0 Å². The van der Waals surface area contributed by atoms with Crippen LogP contribution in [0.2, 0.25) is 5.02 Å². The van der Waals surface area contributed by atoms with Gasteiger partial charge in [-0.2, -0.15) is 0 Å². The minimum atomic E-state index is -0.922. The van der Waals surface area contributed by atoms with Gasteiger partial charge in [-0.25, -0.2) is 19.9 Å². The smallest absolute Gasteiger partial charge is 0.238 e. The molecular formula is C21H20ClN9OS. The molecule has 12 heteroatoms. The number of fused-ring (bicyclic) bond motifs is 3. The van der Waals surface area contributed by atoms with Gasteiger partial charge in [-0.15, -0.1) is 0 Å². The summed E-state index contributed by atoms with van der Waals surface area (Å²) in [7, 11) is 0. The molecule has 1 saturated carbocycles. The van der Waals surface area contributed by atoms with Crippen LogP contribution in [0.3, 0.4) is 0 Å². The zero-order valence-electron chi connectivity index (χ0n) is 17.6. The molecule has 168 valence electrons. The molecule has 33 heavy (non-hydrogen) atoms. The molecular weight excluding hydrogens is 462 g/mol. The number of piperidine rings is 1. The molecule has 0 spiro atoms. The number of aromatic amines is 1. The maximum atomic E-state index is 11.8. The number of hydrogen-bond donors (Lipinski definition) is 3. The van der Waals surface area contributed by atoms with Crippen molar-refractivity contribution < 1.29 is 4.79 Å². The Labute approximate surface area is 197 Å². The Balaban J connectivity index is 1.39. The third-order valence-electron chi connectivity index (χ3n) is 6.65. The topological polar surface area (TPSA) is 153 Å². The van der Waals surface area contributed by atoms with Gasteiger partial charge in [0.2, 0.25) is 5.91 Å². The van der Waals surface area contributed by atoms with Crippen LogP contribution in [0.4, 0.5) is 5.82 Å². The number of hydrogen-bond acceptors (Lipinski definition) is 9. The predicted octanol–water partition coefficient (Wildman–Crippen LogP) is 1.91. The molecule has 1 amide bonds. The number of nitrogens with two attached hydrogens (primary N) is 2. The predicted molar refractivity (Wildman–Crippen MR) is 125 cm³/mol. The molecule has 0 bridgehead atoms. The zero-order chi connectivity index (χ0) is 22.9. The van der Waals surface area contributed by atoms with Crippen LogP contribution in [0.25, 0.3) is 22.2 Å². The molecule has 1 aliphatic carbocycles. The number of nitrogens with zero attached hydrogens (tertiary/aromatic N) is 6. The average Bonchev–Trinajstić information content (AvgIpc) is 3.12. The van der Waals surface area contributed by atoms with Crippen molar-refractivity contribution in [1.82, 2.24) is 29.9 Å². The van der Waals surface area contributed by atoms with Gasteiger partial charge in [-0.3, -0.25) is 9.78 Å². The number of anilines is 1. The first kappa shape index (κ1) is 20.6. The molecule has 1 aliphatic heterocycles. The number of carbonyl (C=O) groups excluding carboxylic acids is 1. The lowest BCUT2D eigenvalue weighted by molar-refractivity contribution is -0.120. The number of rotatable bonds is 5. The van der Waals surface area contributed by atoms with E-state index in [0.29, 0.717) is 40.1 Å². The van der Waals surface area contributed by atoms with Crippen LogP contribution in [0, 0.1) is 11.8 Å². The Morgan fingerprint density at radius 3 is 2.76 bits per heavy atom. The minimum Gasteiger partial charge on any atom is -0.368 e. The molecule has 0 radical (unpaired) electrons. The van der Waals surface area contributed by atoms with Crippen LogP contribution < -0.4 is 16.4 Å². The van der Waals surface area contributed by atoms with E-state index in [9.17, 15) is 4.79 Å². The number of primary amides is 1. The third kappa shape index (κ3) is 3.06. The van der Waals surface area contributed by atoms with Crippen LogP contribution in [0.5, 0.6) is 0 Å². The van der Waals surface area contributed by atoms with Gasteiger partial charge >= 0.3 is 0 Å². The molecule has 5 N–H and O–H groups in total. The molecule has 10 nitrogen and oxygen atoms in total. The summed E-state index contributed by atoms with van der Waals surface area (Å²) in [5.41, 5.74) is 13.7. The Bertz CT molecular complexity index is 1430. The van der Waals surface area contributed by atoms with Gasteiger partial charge < -0.3 is 21.4 Å². The lowest BCUT2D eigenvalue weighted by atomic mass is 10.1. The Hall–Kier alpha value is -3.02. The largest absolute Gasteiger partial charge is 0.368 e. The minimum absolute atomic E-state index is 0.0164. The monoisotopic (exact) mass is 481 g/mol. The molecule has 4 aromatic rings. The second-order valence-electron chi connectivity index (χ2n) is 8.41. The highest BCUT2D eigenvalue weighted by atomic mass is 35.5. The zero-order valence-corrected chi connectivity index (χ0v) is 19.2. The van der Waals surface area contributed by atoms with E-state index < -0.39 is 11.4 Å². The first-order chi connectivity index (χ1) is 15.9. The van der Waals surface area contributed by atoms with Crippen molar-refractivity contribution >= 4 is 57.3 Å². The lowest BCUT2D eigenvalue weighted by Crippen LogP contribution is -2.47. The third-order valence-corrected chi connectivity index (χ3v) is 7.89. The quantitative estimate of drug-likeness (QED) is 0.363. The number of pyridine rings is 1. The van der Waals surface area contributed by atoms with Crippen molar-refractivity contribution in [3.05, 3.63) is 35.4 Å².